The third kappa shape index (κ3) is 2.31. The minimum atomic E-state index is 0.744. The number of hydrogen-bond donors (Lipinski definition) is 1. The summed E-state index contributed by atoms with van der Waals surface area (Å²) in [5, 5.41) is 8.01. The molecule has 1 aliphatic carbocycles. The van der Waals surface area contributed by atoms with Gasteiger partial charge in [-0.05, 0) is 30.9 Å². The molecule has 0 unspecified atom stereocenters. The second kappa shape index (κ2) is 4.58. The van der Waals surface area contributed by atoms with Gasteiger partial charge in [-0.2, -0.15) is 5.10 Å². The van der Waals surface area contributed by atoms with E-state index < -0.39 is 0 Å². The standard InChI is InChI=1S/C15H19N3/c1-11-15(10-18(2)17-11)14-6-4-3-5-12(14)9-16-13-7-8-13/h3-6,10,13,16H,7-9H2,1-2H3. The summed E-state index contributed by atoms with van der Waals surface area (Å²) in [6, 6.07) is 9.35. The number of nitrogens with zero attached hydrogens (tertiary/aromatic N) is 2. The molecule has 3 nitrogen and oxygen atoms in total. The molecule has 18 heavy (non-hydrogen) atoms. The lowest BCUT2D eigenvalue weighted by Crippen LogP contribution is -2.15. The fourth-order valence-corrected chi connectivity index (χ4v) is 2.34. The van der Waals surface area contributed by atoms with Crippen LogP contribution in [0.2, 0.25) is 0 Å². The van der Waals surface area contributed by atoms with Crippen LogP contribution in [0.1, 0.15) is 24.1 Å². The first-order chi connectivity index (χ1) is 8.74. The van der Waals surface area contributed by atoms with Crippen LogP contribution >= 0.6 is 0 Å². The molecule has 1 heterocycles. The highest BCUT2D eigenvalue weighted by Crippen LogP contribution is 2.27. The van der Waals surface area contributed by atoms with Gasteiger partial charge < -0.3 is 5.32 Å². The minimum Gasteiger partial charge on any atom is -0.310 e. The van der Waals surface area contributed by atoms with Crippen LogP contribution in [0, 0.1) is 6.92 Å². The van der Waals surface area contributed by atoms with Crippen LogP contribution in [-0.2, 0) is 13.6 Å². The van der Waals surface area contributed by atoms with Gasteiger partial charge in [-0.15, -0.1) is 0 Å². The average Bonchev–Trinajstić information content (AvgIpc) is 3.12. The molecule has 1 fully saturated rings. The largest absolute Gasteiger partial charge is 0.310 e. The molecule has 0 atom stereocenters. The summed E-state index contributed by atoms with van der Waals surface area (Å²) in [5.41, 5.74) is 5.00. The molecule has 3 rings (SSSR count). The van der Waals surface area contributed by atoms with E-state index in [4.69, 9.17) is 0 Å². The maximum atomic E-state index is 4.43. The monoisotopic (exact) mass is 241 g/mol. The van der Waals surface area contributed by atoms with Crippen LogP contribution in [-0.4, -0.2) is 15.8 Å². The molecule has 0 bridgehead atoms. The summed E-state index contributed by atoms with van der Waals surface area (Å²) in [7, 11) is 1.97. The van der Waals surface area contributed by atoms with Gasteiger partial charge in [0.25, 0.3) is 0 Å². The Hall–Kier alpha value is -1.61. The highest BCUT2D eigenvalue weighted by molar-refractivity contribution is 5.68. The van der Waals surface area contributed by atoms with Crippen molar-refractivity contribution in [2.75, 3.05) is 0 Å². The third-order valence-electron chi connectivity index (χ3n) is 3.48. The second-order valence-corrected chi connectivity index (χ2v) is 5.11. The van der Waals surface area contributed by atoms with Crippen molar-refractivity contribution in [3.8, 4) is 11.1 Å². The third-order valence-corrected chi connectivity index (χ3v) is 3.48. The normalized spacial score (nSPS) is 15.0. The fraction of sp³-hybridized carbons (Fsp3) is 0.400. The molecule has 1 saturated carbocycles. The van der Waals surface area contributed by atoms with E-state index in [1.165, 1.54) is 29.5 Å². The zero-order valence-electron chi connectivity index (χ0n) is 11.0. The van der Waals surface area contributed by atoms with Gasteiger partial charge in [0.15, 0.2) is 0 Å². The summed E-state index contributed by atoms with van der Waals surface area (Å²) in [6.07, 6.45) is 4.76. The summed E-state index contributed by atoms with van der Waals surface area (Å²) in [6.45, 7) is 3.02. The Bertz CT molecular complexity index is 553. The summed E-state index contributed by atoms with van der Waals surface area (Å²) < 4.78 is 1.88. The predicted molar refractivity (Wildman–Crippen MR) is 73.2 cm³/mol. The Morgan fingerprint density at radius 3 is 2.72 bits per heavy atom. The average molecular weight is 241 g/mol. The lowest BCUT2D eigenvalue weighted by atomic mass is 10.0. The number of rotatable bonds is 4. The van der Waals surface area contributed by atoms with Gasteiger partial charge in [-0.3, -0.25) is 4.68 Å². The highest BCUT2D eigenvalue weighted by Gasteiger charge is 2.20. The molecule has 1 aromatic heterocycles. The number of aryl methyl sites for hydroxylation is 2. The van der Waals surface area contributed by atoms with Gasteiger partial charge in [0.05, 0.1) is 5.69 Å². The zero-order chi connectivity index (χ0) is 12.5. The molecule has 1 aromatic carbocycles. The highest BCUT2D eigenvalue weighted by atomic mass is 15.2. The van der Waals surface area contributed by atoms with Crippen molar-refractivity contribution >= 4 is 0 Å². The maximum absolute atomic E-state index is 4.43. The first kappa shape index (κ1) is 11.5. The van der Waals surface area contributed by atoms with E-state index in [0.29, 0.717) is 0 Å². The van der Waals surface area contributed by atoms with Crippen molar-refractivity contribution in [1.82, 2.24) is 15.1 Å². The topological polar surface area (TPSA) is 29.9 Å². The molecular weight excluding hydrogens is 222 g/mol. The molecule has 0 amide bonds. The van der Waals surface area contributed by atoms with Crippen molar-refractivity contribution in [1.29, 1.82) is 0 Å². The van der Waals surface area contributed by atoms with Gasteiger partial charge in [0.2, 0.25) is 0 Å². The molecule has 0 spiro atoms. The van der Waals surface area contributed by atoms with E-state index in [2.05, 4.69) is 47.8 Å². The molecule has 0 aliphatic heterocycles. The first-order valence-electron chi connectivity index (χ1n) is 6.56. The Morgan fingerprint density at radius 1 is 1.28 bits per heavy atom. The van der Waals surface area contributed by atoms with Crippen molar-refractivity contribution < 1.29 is 0 Å². The number of nitrogens with one attached hydrogen (secondary N) is 1. The smallest absolute Gasteiger partial charge is 0.0672 e. The molecule has 2 aromatic rings. The lowest BCUT2D eigenvalue weighted by molar-refractivity contribution is 0.689. The van der Waals surface area contributed by atoms with E-state index in [0.717, 1.165) is 18.3 Å². The molecule has 0 saturated heterocycles. The van der Waals surface area contributed by atoms with Crippen LogP contribution in [0.15, 0.2) is 30.5 Å². The van der Waals surface area contributed by atoms with E-state index in [1.807, 2.05) is 11.7 Å². The zero-order valence-corrected chi connectivity index (χ0v) is 11.0. The Morgan fingerprint density at radius 2 is 2.06 bits per heavy atom. The maximum Gasteiger partial charge on any atom is 0.0672 e. The lowest BCUT2D eigenvalue weighted by Gasteiger charge is -2.09. The number of aromatic nitrogens is 2. The Kier molecular flexibility index (Phi) is 2.92. The molecule has 3 heteroatoms. The Labute approximate surface area is 108 Å². The Balaban J connectivity index is 1.92. The van der Waals surface area contributed by atoms with Crippen LogP contribution in [0.5, 0.6) is 0 Å². The molecule has 0 radical (unpaired) electrons. The summed E-state index contributed by atoms with van der Waals surface area (Å²) in [5.74, 6) is 0. The number of hydrogen-bond acceptors (Lipinski definition) is 2. The van der Waals surface area contributed by atoms with Gasteiger partial charge in [-0.1, -0.05) is 24.3 Å². The van der Waals surface area contributed by atoms with Crippen molar-refractivity contribution in [3.05, 3.63) is 41.7 Å². The van der Waals surface area contributed by atoms with E-state index >= 15 is 0 Å². The molecule has 1 aliphatic rings. The van der Waals surface area contributed by atoms with Gasteiger partial charge in [0.1, 0.15) is 0 Å². The van der Waals surface area contributed by atoms with Crippen LogP contribution in [0.3, 0.4) is 0 Å². The molecular formula is C15H19N3. The van der Waals surface area contributed by atoms with Crippen LogP contribution in [0.4, 0.5) is 0 Å². The van der Waals surface area contributed by atoms with Crippen molar-refractivity contribution in [2.45, 2.75) is 32.4 Å². The molecule has 94 valence electrons. The van der Waals surface area contributed by atoms with Crippen molar-refractivity contribution in [2.24, 2.45) is 7.05 Å². The van der Waals surface area contributed by atoms with Gasteiger partial charge in [0, 0.05) is 31.4 Å². The SMILES string of the molecule is Cc1nn(C)cc1-c1ccccc1CNC1CC1. The predicted octanol–water partition coefficient (Wildman–Crippen LogP) is 2.65. The number of benzene rings is 1. The van der Waals surface area contributed by atoms with E-state index in [1.54, 1.807) is 0 Å². The van der Waals surface area contributed by atoms with E-state index in [-0.39, 0.29) is 0 Å². The summed E-state index contributed by atoms with van der Waals surface area (Å²) >= 11 is 0. The molecule has 1 N–H and O–H groups in total. The second-order valence-electron chi connectivity index (χ2n) is 5.11. The van der Waals surface area contributed by atoms with Gasteiger partial charge in [-0.25, -0.2) is 0 Å². The van der Waals surface area contributed by atoms with Gasteiger partial charge >= 0.3 is 0 Å². The minimum absolute atomic E-state index is 0.744. The first-order valence-corrected chi connectivity index (χ1v) is 6.56. The van der Waals surface area contributed by atoms with Crippen molar-refractivity contribution in [3.63, 3.8) is 0 Å². The fourth-order valence-electron chi connectivity index (χ4n) is 2.34. The summed E-state index contributed by atoms with van der Waals surface area (Å²) in [4.78, 5) is 0. The quantitative estimate of drug-likeness (QED) is 0.892. The van der Waals surface area contributed by atoms with E-state index in [9.17, 15) is 0 Å². The van der Waals surface area contributed by atoms with Crippen LogP contribution < -0.4 is 5.32 Å². The van der Waals surface area contributed by atoms with Crippen LogP contribution in [0.25, 0.3) is 11.1 Å².